The van der Waals surface area contributed by atoms with Crippen LogP contribution in [-0.4, -0.2) is 80.5 Å². The first-order valence-corrected chi connectivity index (χ1v) is 13.0. The van der Waals surface area contributed by atoms with Gasteiger partial charge in [0.15, 0.2) is 0 Å². The molecular weight excluding hydrogens is 608 g/mol. The van der Waals surface area contributed by atoms with Crippen molar-refractivity contribution < 1.29 is 54.9 Å². The van der Waals surface area contributed by atoms with Crippen LogP contribution in [0, 0.1) is 11.6 Å². The average Bonchev–Trinajstić information content (AvgIpc) is 3.38. The van der Waals surface area contributed by atoms with Gasteiger partial charge >= 0.3 is 24.3 Å². The molecule has 1 fully saturated rings. The summed E-state index contributed by atoms with van der Waals surface area (Å²) in [6.07, 6.45) is -6.29. The first-order valence-electron chi connectivity index (χ1n) is 13.0. The first kappa shape index (κ1) is 34.4. The van der Waals surface area contributed by atoms with E-state index in [4.69, 9.17) is 24.8 Å². The number of piperidine rings is 1. The van der Waals surface area contributed by atoms with Crippen LogP contribution in [0.15, 0.2) is 54.7 Å². The second kappa shape index (κ2) is 13.7. The Labute approximate surface area is 246 Å². The van der Waals surface area contributed by atoms with Crippen LogP contribution in [0.2, 0.25) is 0 Å². The minimum absolute atomic E-state index is 0.0941. The molecule has 2 N–H and O–H groups in total. The SMILES string of the molecule is CN1CCn2c(-c3cccc(F)c3)cnc2C12CCN(Cc1ccc(F)cc1)CC2.O=C(O)C(F)(F)F.O=C(O)C(F)(F)F. The molecule has 1 spiro atoms. The summed E-state index contributed by atoms with van der Waals surface area (Å²) in [5.74, 6) is -4.84. The van der Waals surface area contributed by atoms with Crippen LogP contribution in [0.1, 0.15) is 24.2 Å². The second-order valence-corrected chi connectivity index (χ2v) is 10.1. The van der Waals surface area contributed by atoms with E-state index in [1.165, 1.54) is 18.2 Å². The van der Waals surface area contributed by atoms with E-state index in [2.05, 4.69) is 21.4 Å². The molecule has 0 bridgehead atoms. The molecule has 0 radical (unpaired) electrons. The van der Waals surface area contributed by atoms with Crippen molar-refractivity contribution in [3.8, 4) is 11.3 Å². The number of likely N-dealkylation sites (tertiary alicyclic amines) is 1. The summed E-state index contributed by atoms with van der Waals surface area (Å²) in [7, 11) is 2.19. The lowest BCUT2D eigenvalue weighted by Crippen LogP contribution is -2.56. The van der Waals surface area contributed by atoms with Crippen LogP contribution in [0.25, 0.3) is 11.3 Å². The highest BCUT2D eigenvalue weighted by atomic mass is 19.4. The fraction of sp³-hybridized carbons (Fsp3) is 0.393. The number of carboxylic acid groups (broad SMARTS) is 2. The summed E-state index contributed by atoms with van der Waals surface area (Å²) in [5, 5.41) is 14.2. The molecule has 0 amide bonds. The Bertz CT molecular complexity index is 1410. The van der Waals surface area contributed by atoms with E-state index in [-0.39, 0.29) is 17.2 Å². The number of likely N-dealkylation sites (N-methyl/N-ethyl adjacent to an activating group) is 1. The van der Waals surface area contributed by atoms with Gasteiger partial charge in [-0.25, -0.2) is 23.4 Å². The van der Waals surface area contributed by atoms with Gasteiger partial charge in [0.25, 0.3) is 0 Å². The fourth-order valence-corrected chi connectivity index (χ4v) is 5.02. The molecule has 2 aliphatic rings. The van der Waals surface area contributed by atoms with E-state index in [1.807, 2.05) is 24.4 Å². The van der Waals surface area contributed by atoms with Crippen molar-refractivity contribution in [1.82, 2.24) is 19.4 Å². The number of carbonyl (C=O) groups is 2. The van der Waals surface area contributed by atoms with E-state index in [0.717, 1.165) is 68.2 Å². The van der Waals surface area contributed by atoms with Crippen LogP contribution < -0.4 is 0 Å². The maximum atomic E-state index is 13.8. The zero-order valence-electron chi connectivity index (χ0n) is 23.2. The molecule has 0 aliphatic carbocycles. The van der Waals surface area contributed by atoms with Gasteiger partial charge in [0.2, 0.25) is 0 Å². The Morgan fingerprint density at radius 1 is 0.841 bits per heavy atom. The fourth-order valence-electron chi connectivity index (χ4n) is 5.02. The maximum absolute atomic E-state index is 13.8. The Morgan fingerprint density at radius 2 is 1.39 bits per heavy atom. The standard InChI is InChI=1S/C24H26F2N4.2C2HF3O2/c1-28-13-14-30-22(19-3-2-4-21(26)15-19)16-27-23(30)24(28)9-11-29(12-10-24)17-18-5-7-20(25)8-6-18;2*3-2(4,5)1(6)7/h2-8,15-16H,9-14,17H2,1H3;2*(H,6,7). The lowest BCUT2D eigenvalue weighted by Gasteiger charge is -2.49. The van der Waals surface area contributed by atoms with Crippen LogP contribution in [0.4, 0.5) is 35.1 Å². The summed E-state index contributed by atoms with van der Waals surface area (Å²) in [6, 6.07) is 13.5. The smallest absolute Gasteiger partial charge is 0.475 e. The van der Waals surface area contributed by atoms with Crippen molar-refractivity contribution in [3.05, 3.63) is 77.8 Å². The zero-order valence-corrected chi connectivity index (χ0v) is 23.2. The van der Waals surface area contributed by atoms with E-state index in [9.17, 15) is 35.1 Å². The minimum atomic E-state index is -5.08. The Kier molecular flexibility index (Phi) is 10.7. The van der Waals surface area contributed by atoms with E-state index >= 15 is 0 Å². The van der Waals surface area contributed by atoms with Crippen molar-refractivity contribution in [2.45, 2.75) is 43.8 Å². The van der Waals surface area contributed by atoms with Gasteiger partial charge in [0, 0.05) is 38.3 Å². The lowest BCUT2D eigenvalue weighted by atomic mass is 9.83. The molecule has 240 valence electrons. The van der Waals surface area contributed by atoms with Gasteiger partial charge in [-0.05, 0) is 49.7 Å². The molecule has 8 nitrogen and oxygen atoms in total. The summed E-state index contributed by atoms with van der Waals surface area (Å²) in [6.45, 7) is 4.57. The number of imidazole rings is 1. The number of fused-ring (bicyclic) bond motifs is 2. The number of carboxylic acids is 2. The van der Waals surface area contributed by atoms with Crippen LogP contribution in [0.5, 0.6) is 0 Å². The van der Waals surface area contributed by atoms with Gasteiger partial charge in [0.05, 0.1) is 17.4 Å². The van der Waals surface area contributed by atoms with Gasteiger partial charge in [-0.3, -0.25) is 9.80 Å². The number of aromatic nitrogens is 2. The number of halogens is 8. The van der Waals surface area contributed by atoms with Gasteiger partial charge in [-0.2, -0.15) is 26.3 Å². The number of benzene rings is 2. The van der Waals surface area contributed by atoms with E-state index < -0.39 is 24.3 Å². The molecule has 1 aromatic heterocycles. The third-order valence-corrected chi connectivity index (χ3v) is 7.27. The first-order chi connectivity index (χ1) is 20.4. The molecule has 16 heteroatoms. The molecule has 1 saturated heterocycles. The average molecular weight is 637 g/mol. The largest absolute Gasteiger partial charge is 0.490 e. The van der Waals surface area contributed by atoms with Gasteiger partial charge in [0.1, 0.15) is 17.5 Å². The Balaban J connectivity index is 0.000000317. The molecule has 5 rings (SSSR count). The highest BCUT2D eigenvalue weighted by Crippen LogP contribution is 2.41. The van der Waals surface area contributed by atoms with Crippen LogP contribution >= 0.6 is 0 Å². The molecule has 0 unspecified atom stereocenters. The van der Waals surface area contributed by atoms with Crippen LogP contribution in [0.3, 0.4) is 0 Å². The number of rotatable bonds is 3. The topological polar surface area (TPSA) is 98.9 Å². The highest BCUT2D eigenvalue weighted by Gasteiger charge is 2.45. The molecule has 0 atom stereocenters. The van der Waals surface area contributed by atoms with Crippen molar-refractivity contribution in [3.63, 3.8) is 0 Å². The van der Waals surface area contributed by atoms with Gasteiger partial charge in [-0.15, -0.1) is 0 Å². The predicted octanol–water partition coefficient (Wildman–Crippen LogP) is 5.53. The summed E-state index contributed by atoms with van der Waals surface area (Å²) >= 11 is 0. The molecule has 2 aromatic carbocycles. The quantitative estimate of drug-likeness (QED) is 0.365. The molecule has 3 aromatic rings. The van der Waals surface area contributed by atoms with Gasteiger partial charge in [-0.1, -0.05) is 24.3 Å². The summed E-state index contributed by atoms with van der Waals surface area (Å²) in [4.78, 5) is 27.5. The second-order valence-electron chi connectivity index (χ2n) is 10.1. The third-order valence-electron chi connectivity index (χ3n) is 7.27. The number of nitrogens with zero attached hydrogens (tertiary/aromatic N) is 4. The third kappa shape index (κ3) is 8.53. The van der Waals surface area contributed by atoms with Gasteiger partial charge < -0.3 is 14.8 Å². The predicted molar refractivity (Wildman–Crippen MR) is 140 cm³/mol. The number of hydrogen-bond acceptors (Lipinski definition) is 5. The van der Waals surface area contributed by atoms with E-state index in [0.29, 0.717) is 0 Å². The van der Waals surface area contributed by atoms with Crippen molar-refractivity contribution in [2.75, 3.05) is 26.7 Å². The van der Waals surface area contributed by atoms with E-state index in [1.54, 1.807) is 12.1 Å². The number of alkyl halides is 6. The van der Waals surface area contributed by atoms with Crippen molar-refractivity contribution >= 4 is 11.9 Å². The molecular formula is C28H28F8N4O4. The van der Waals surface area contributed by atoms with Crippen molar-refractivity contribution in [2.24, 2.45) is 0 Å². The highest BCUT2D eigenvalue weighted by molar-refractivity contribution is 5.73. The van der Waals surface area contributed by atoms with Crippen LogP contribution in [-0.2, 0) is 28.2 Å². The molecule has 2 aliphatic heterocycles. The normalized spacial score (nSPS) is 16.7. The molecule has 44 heavy (non-hydrogen) atoms. The molecule has 3 heterocycles. The Hall–Kier alpha value is -4.05. The minimum Gasteiger partial charge on any atom is -0.475 e. The number of hydrogen-bond donors (Lipinski definition) is 2. The summed E-state index contributed by atoms with van der Waals surface area (Å²) in [5.41, 5.74) is 2.91. The number of aliphatic carboxylic acids is 2. The Morgan fingerprint density at radius 3 is 1.89 bits per heavy atom. The lowest BCUT2D eigenvalue weighted by molar-refractivity contribution is -0.193. The molecule has 0 saturated carbocycles. The maximum Gasteiger partial charge on any atom is 0.490 e. The monoisotopic (exact) mass is 636 g/mol. The summed E-state index contributed by atoms with van der Waals surface area (Å²) < 4.78 is 92.7. The zero-order chi connectivity index (χ0) is 32.9. The van der Waals surface area contributed by atoms with Crippen molar-refractivity contribution in [1.29, 1.82) is 0 Å².